The minimum Gasteiger partial charge on any atom is -0.387 e. The maximum Gasteiger partial charge on any atom is 0.222 e. The number of carbonyl (C=O) groups is 2. The Balaban J connectivity index is 0.000000225. The van der Waals surface area contributed by atoms with Crippen molar-refractivity contribution in [3.05, 3.63) is 132 Å². The van der Waals surface area contributed by atoms with Gasteiger partial charge in [-0.3, -0.25) is 9.59 Å². The highest BCUT2D eigenvalue weighted by Gasteiger charge is 2.20. The second-order valence-corrected chi connectivity index (χ2v) is 13.4. The number of rotatable bonds is 16. The van der Waals surface area contributed by atoms with Crippen molar-refractivity contribution in [3.63, 3.8) is 0 Å². The van der Waals surface area contributed by atoms with Gasteiger partial charge in [0.15, 0.2) is 11.6 Å². The molecule has 6 nitrogen and oxygen atoms in total. The minimum atomic E-state index is -0.896. The number of hydrogen-bond donors (Lipinski definition) is 2. The number of nitrogens with one attached hydrogen (secondary N) is 2. The van der Waals surface area contributed by atoms with Gasteiger partial charge in [-0.05, 0) is 98.0 Å². The van der Waals surface area contributed by atoms with Gasteiger partial charge in [-0.15, -0.1) is 0 Å². The molecule has 2 unspecified atom stereocenters. The van der Waals surface area contributed by atoms with Crippen LogP contribution in [-0.2, 0) is 28.9 Å². The third-order valence-corrected chi connectivity index (χ3v) is 9.59. The van der Waals surface area contributed by atoms with Crippen molar-refractivity contribution in [1.29, 1.82) is 0 Å². The SMILES string of the molecule is C=C(NCCc1ccccc1)C(Cc1ccc(F)c(F)c1)N(C)C=O.C[C@@H](Cc1ccc2ccccc2c1)N(C)C(=O)CCCC1CCCN1. The van der Waals surface area contributed by atoms with E-state index < -0.39 is 11.6 Å². The third kappa shape index (κ3) is 11.8. The van der Waals surface area contributed by atoms with Crippen LogP contribution in [0.2, 0.25) is 0 Å². The normalized spacial score (nSPS) is 15.0. The summed E-state index contributed by atoms with van der Waals surface area (Å²) in [4.78, 5) is 27.0. The molecule has 1 aliphatic rings. The number of amides is 2. The molecule has 0 bridgehead atoms. The Morgan fingerprint density at radius 3 is 2.32 bits per heavy atom. The lowest BCUT2D eigenvalue weighted by atomic mass is 10.0. The molecule has 2 N–H and O–H groups in total. The van der Waals surface area contributed by atoms with Crippen LogP contribution >= 0.6 is 0 Å². The number of benzene rings is 4. The van der Waals surface area contributed by atoms with E-state index in [2.05, 4.69) is 66.6 Å². The van der Waals surface area contributed by atoms with Gasteiger partial charge in [0, 0.05) is 44.8 Å². The maximum absolute atomic E-state index is 13.4. The van der Waals surface area contributed by atoms with Crippen molar-refractivity contribution in [2.75, 3.05) is 27.2 Å². The molecule has 0 aromatic heterocycles. The van der Waals surface area contributed by atoms with Crippen LogP contribution in [0.15, 0.2) is 103 Å². The Labute approximate surface area is 296 Å². The fourth-order valence-electron chi connectivity index (χ4n) is 6.37. The predicted molar refractivity (Wildman–Crippen MR) is 200 cm³/mol. The Bertz CT molecular complexity index is 1680. The number of nitrogens with zero attached hydrogens (tertiary/aromatic N) is 2. The van der Waals surface area contributed by atoms with Crippen LogP contribution in [0.1, 0.15) is 55.7 Å². The van der Waals surface area contributed by atoms with E-state index in [4.69, 9.17) is 0 Å². The first-order chi connectivity index (χ1) is 24.1. The standard InChI is InChI=1S/C22H30N2O.C20H22F2N2O/c1-17(15-18-12-13-19-7-3-4-8-20(19)16-18)24(2)22(25)11-5-9-21-10-6-14-23-21;1-15(23-11-10-16-6-4-3-5-7-16)20(24(2)14-25)13-17-8-9-18(21)19(22)12-17/h3-4,7-8,12-13,16-17,21,23H,5-6,9-11,14-15H2,1-2H3;3-9,12,14,20,23H,1,10-11,13H2,2H3/t17-,21?;/m0./s1. The first-order valence-electron chi connectivity index (χ1n) is 17.7. The molecule has 0 saturated carbocycles. The zero-order valence-corrected chi connectivity index (χ0v) is 29.7. The number of hydrogen-bond acceptors (Lipinski definition) is 4. The van der Waals surface area contributed by atoms with Crippen molar-refractivity contribution in [3.8, 4) is 0 Å². The van der Waals surface area contributed by atoms with Crippen molar-refractivity contribution in [2.24, 2.45) is 0 Å². The zero-order chi connectivity index (χ0) is 35.9. The Morgan fingerprint density at radius 2 is 1.62 bits per heavy atom. The van der Waals surface area contributed by atoms with Crippen LogP contribution in [0, 0.1) is 11.6 Å². The molecule has 3 atom stereocenters. The third-order valence-electron chi connectivity index (χ3n) is 9.59. The minimum absolute atomic E-state index is 0.221. The molecule has 50 heavy (non-hydrogen) atoms. The van der Waals surface area contributed by atoms with Crippen LogP contribution < -0.4 is 10.6 Å². The monoisotopic (exact) mass is 682 g/mol. The highest BCUT2D eigenvalue weighted by atomic mass is 19.2. The maximum atomic E-state index is 13.4. The van der Waals surface area contributed by atoms with Gasteiger partial charge in [-0.1, -0.05) is 85.4 Å². The molecule has 0 spiro atoms. The number of fused-ring (bicyclic) bond motifs is 1. The number of carbonyl (C=O) groups excluding carboxylic acids is 2. The summed E-state index contributed by atoms with van der Waals surface area (Å²) in [6.07, 6.45) is 8.10. The van der Waals surface area contributed by atoms with E-state index in [-0.39, 0.29) is 18.0 Å². The zero-order valence-electron chi connectivity index (χ0n) is 29.7. The number of likely N-dealkylation sites (N-methyl/N-ethyl adjacent to an activating group) is 2. The molecular formula is C42H52F2N4O2. The second-order valence-electron chi connectivity index (χ2n) is 13.4. The number of halogens is 2. The van der Waals surface area contributed by atoms with Gasteiger partial charge in [0.2, 0.25) is 12.3 Å². The lowest BCUT2D eigenvalue weighted by molar-refractivity contribution is -0.131. The molecule has 5 rings (SSSR count). The summed E-state index contributed by atoms with van der Waals surface area (Å²) in [5.74, 6) is -1.51. The van der Waals surface area contributed by atoms with Crippen molar-refractivity contribution in [2.45, 2.75) is 76.4 Å². The van der Waals surface area contributed by atoms with E-state index in [0.29, 0.717) is 43.1 Å². The van der Waals surface area contributed by atoms with Gasteiger partial charge in [0.05, 0.1) is 6.04 Å². The summed E-state index contributed by atoms with van der Waals surface area (Å²) in [5, 5.41) is 9.27. The van der Waals surface area contributed by atoms with E-state index in [0.717, 1.165) is 44.4 Å². The summed E-state index contributed by atoms with van der Waals surface area (Å²) >= 11 is 0. The van der Waals surface area contributed by atoms with Crippen LogP contribution in [0.3, 0.4) is 0 Å². The second kappa shape index (κ2) is 19.6. The summed E-state index contributed by atoms with van der Waals surface area (Å²) < 4.78 is 26.5. The fourth-order valence-corrected chi connectivity index (χ4v) is 6.37. The Kier molecular flexibility index (Phi) is 15.0. The topological polar surface area (TPSA) is 64.7 Å². The molecule has 4 aromatic rings. The largest absolute Gasteiger partial charge is 0.387 e. The fraction of sp³-hybridized carbons (Fsp3) is 0.381. The van der Waals surface area contributed by atoms with Crippen molar-refractivity contribution < 1.29 is 18.4 Å². The highest BCUT2D eigenvalue weighted by Crippen LogP contribution is 2.19. The quantitative estimate of drug-likeness (QED) is 0.121. The highest BCUT2D eigenvalue weighted by molar-refractivity contribution is 5.83. The van der Waals surface area contributed by atoms with E-state index in [1.165, 1.54) is 45.7 Å². The summed E-state index contributed by atoms with van der Waals surface area (Å²) in [7, 11) is 3.59. The first kappa shape index (κ1) is 38.2. The molecule has 266 valence electrons. The molecule has 4 aromatic carbocycles. The smallest absolute Gasteiger partial charge is 0.222 e. The summed E-state index contributed by atoms with van der Waals surface area (Å²) in [5.41, 5.74) is 3.75. The molecule has 2 amide bonds. The molecular weight excluding hydrogens is 630 g/mol. The Hall–Kier alpha value is -4.56. The Morgan fingerprint density at radius 1 is 0.920 bits per heavy atom. The van der Waals surface area contributed by atoms with Gasteiger partial charge in [0.1, 0.15) is 0 Å². The van der Waals surface area contributed by atoms with Crippen molar-refractivity contribution in [1.82, 2.24) is 20.4 Å². The molecule has 0 radical (unpaired) electrons. The average molecular weight is 683 g/mol. The molecule has 1 aliphatic heterocycles. The van der Waals surface area contributed by atoms with Crippen molar-refractivity contribution >= 4 is 23.1 Å². The molecule has 1 saturated heterocycles. The molecule has 1 fully saturated rings. The first-order valence-corrected chi connectivity index (χ1v) is 17.7. The summed E-state index contributed by atoms with van der Waals surface area (Å²) in [6, 6.07) is 29.3. The average Bonchev–Trinajstić information content (AvgIpc) is 3.65. The predicted octanol–water partition coefficient (Wildman–Crippen LogP) is 7.46. The lowest BCUT2D eigenvalue weighted by Gasteiger charge is -2.27. The van der Waals surface area contributed by atoms with E-state index in [1.807, 2.05) is 42.3 Å². The van der Waals surface area contributed by atoms with E-state index >= 15 is 0 Å². The molecule has 0 aliphatic carbocycles. The molecule has 8 heteroatoms. The van der Waals surface area contributed by atoms with Gasteiger partial charge in [-0.25, -0.2) is 8.78 Å². The van der Waals surface area contributed by atoms with Crippen LogP contribution in [0.5, 0.6) is 0 Å². The van der Waals surface area contributed by atoms with Gasteiger partial charge < -0.3 is 20.4 Å². The van der Waals surface area contributed by atoms with E-state index in [1.54, 1.807) is 7.05 Å². The van der Waals surface area contributed by atoms with E-state index in [9.17, 15) is 18.4 Å². The van der Waals surface area contributed by atoms with Crippen LogP contribution in [-0.4, -0.2) is 67.4 Å². The molecule has 1 heterocycles. The van der Waals surface area contributed by atoms with Gasteiger partial charge in [0.25, 0.3) is 0 Å². The van der Waals surface area contributed by atoms with Gasteiger partial charge >= 0.3 is 0 Å². The van der Waals surface area contributed by atoms with Crippen LogP contribution in [0.4, 0.5) is 8.78 Å². The lowest BCUT2D eigenvalue weighted by Crippen LogP contribution is -2.39. The summed E-state index contributed by atoms with van der Waals surface area (Å²) in [6.45, 7) is 7.97. The van der Waals surface area contributed by atoms with Gasteiger partial charge in [-0.2, -0.15) is 0 Å². The van der Waals surface area contributed by atoms with Crippen LogP contribution in [0.25, 0.3) is 10.8 Å².